The van der Waals surface area contributed by atoms with Crippen LogP contribution in [0.4, 0.5) is 4.39 Å². The predicted molar refractivity (Wildman–Crippen MR) is 77.3 cm³/mol. The van der Waals surface area contributed by atoms with Crippen molar-refractivity contribution in [2.75, 3.05) is 0 Å². The number of aliphatic hydroxyl groups is 1. The molecule has 0 aliphatic carbocycles. The van der Waals surface area contributed by atoms with Crippen LogP contribution in [0.15, 0.2) is 36.4 Å². The van der Waals surface area contributed by atoms with E-state index in [2.05, 4.69) is 0 Å². The molecular formula is C17H19FO2. The molecule has 1 N–H and O–H groups in total. The highest BCUT2D eigenvalue weighted by Crippen LogP contribution is 2.23. The van der Waals surface area contributed by atoms with E-state index in [9.17, 15) is 9.50 Å². The van der Waals surface area contributed by atoms with Gasteiger partial charge < -0.3 is 9.84 Å². The summed E-state index contributed by atoms with van der Waals surface area (Å²) in [5, 5.41) is 9.40. The van der Waals surface area contributed by atoms with E-state index < -0.39 is 11.9 Å². The van der Waals surface area contributed by atoms with Gasteiger partial charge in [-0.3, -0.25) is 0 Å². The Hall–Kier alpha value is -1.87. The molecule has 20 heavy (non-hydrogen) atoms. The summed E-state index contributed by atoms with van der Waals surface area (Å²) in [5.41, 5.74) is 3.72. The molecule has 2 nitrogen and oxygen atoms in total. The quantitative estimate of drug-likeness (QED) is 0.910. The summed E-state index contributed by atoms with van der Waals surface area (Å²) >= 11 is 0. The Morgan fingerprint density at radius 1 is 1.15 bits per heavy atom. The van der Waals surface area contributed by atoms with Crippen LogP contribution in [0.25, 0.3) is 0 Å². The van der Waals surface area contributed by atoms with Crippen molar-refractivity contribution in [3.63, 3.8) is 0 Å². The molecule has 2 aromatic rings. The van der Waals surface area contributed by atoms with Crippen LogP contribution in [0.1, 0.15) is 35.3 Å². The smallest absolute Gasteiger partial charge is 0.132 e. The van der Waals surface area contributed by atoms with Crippen molar-refractivity contribution in [1.29, 1.82) is 0 Å². The number of aryl methyl sites for hydroxylation is 2. The van der Waals surface area contributed by atoms with Crippen LogP contribution < -0.4 is 4.74 Å². The fraction of sp³-hybridized carbons (Fsp3) is 0.294. The van der Waals surface area contributed by atoms with Crippen molar-refractivity contribution >= 4 is 0 Å². The van der Waals surface area contributed by atoms with E-state index in [4.69, 9.17) is 4.74 Å². The first kappa shape index (κ1) is 14.5. The van der Waals surface area contributed by atoms with Crippen LogP contribution in [0.5, 0.6) is 5.75 Å². The van der Waals surface area contributed by atoms with Crippen LogP contribution in [-0.4, -0.2) is 5.11 Å². The third-order valence-corrected chi connectivity index (χ3v) is 3.45. The second kappa shape index (κ2) is 6.06. The maximum atomic E-state index is 13.7. The molecule has 3 heteroatoms. The van der Waals surface area contributed by atoms with Crippen molar-refractivity contribution in [1.82, 2.24) is 0 Å². The number of rotatable bonds is 4. The predicted octanol–water partition coefficient (Wildman–Crippen LogP) is 4.07. The molecule has 106 valence electrons. The first-order chi connectivity index (χ1) is 9.49. The molecule has 0 amide bonds. The van der Waals surface area contributed by atoms with Gasteiger partial charge >= 0.3 is 0 Å². The summed E-state index contributed by atoms with van der Waals surface area (Å²) in [6, 6.07) is 10.6. The zero-order valence-corrected chi connectivity index (χ0v) is 12.0. The highest BCUT2D eigenvalue weighted by molar-refractivity contribution is 5.34. The Kier molecular flexibility index (Phi) is 4.40. The second-order valence-corrected chi connectivity index (χ2v) is 5.02. The zero-order chi connectivity index (χ0) is 14.7. The standard InChI is InChI=1S/C17H19FO2/c1-11-5-4-6-12(2)16(11)10-20-14-7-8-15(13(3)19)17(18)9-14/h4-9,13,19H,10H2,1-3H3. The van der Waals surface area contributed by atoms with Gasteiger partial charge in [-0.1, -0.05) is 18.2 Å². The van der Waals surface area contributed by atoms with Gasteiger partial charge in [0.1, 0.15) is 18.2 Å². The average molecular weight is 274 g/mol. The summed E-state index contributed by atoms with van der Waals surface area (Å²) < 4.78 is 19.4. The lowest BCUT2D eigenvalue weighted by Gasteiger charge is -2.13. The van der Waals surface area contributed by atoms with E-state index in [1.54, 1.807) is 12.1 Å². The van der Waals surface area contributed by atoms with Gasteiger partial charge in [-0.25, -0.2) is 4.39 Å². The van der Waals surface area contributed by atoms with Crippen molar-refractivity contribution in [3.05, 3.63) is 64.5 Å². The minimum atomic E-state index is -0.817. The third kappa shape index (κ3) is 3.17. The summed E-state index contributed by atoms with van der Waals surface area (Å²) in [5.74, 6) is 0.0218. The molecule has 0 fully saturated rings. The lowest BCUT2D eigenvalue weighted by molar-refractivity contribution is 0.194. The average Bonchev–Trinajstić information content (AvgIpc) is 2.37. The van der Waals surface area contributed by atoms with Crippen LogP contribution >= 0.6 is 0 Å². The van der Waals surface area contributed by atoms with E-state index in [-0.39, 0.29) is 5.56 Å². The second-order valence-electron chi connectivity index (χ2n) is 5.02. The molecule has 0 aromatic heterocycles. The van der Waals surface area contributed by atoms with Crippen molar-refractivity contribution in [2.24, 2.45) is 0 Å². The monoisotopic (exact) mass is 274 g/mol. The lowest BCUT2D eigenvalue weighted by atomic mass is 10.0. The third-order valence-electron chi connectivity index (χ3n) is 3.45. The summed E-state index contributed by atoms with van der Waals surface area (Å²) in [6.45, 7) is 6.01. The van der Waals surface area contributed by atoms with Crippen LogP contribution in [0.2, 0.25) is 0 Å². The summed E-state index contributed by atoms with van der Waals surface area (Å²) in [4.78, 5) is 0. The van der Waals surface area contributed by atoms with E-state index in [1.165, 1.54) is 13.0 Å². The van der Waals surface area contributed by atoms with Gasteiger partial charge in [0.25, 0.3) is 0 Å². The zero-order valence-electron chi connectivity index (χ0n) is 12.0. The van der Waals surface area contributed by atoms with Crippen LogP contribution in [0, 0.1) is 19.7 Å². The number of ether oxygens (including phenoxy) is 1. The van der Waals surface area contributed by atoms with Crippen LogP contribution in [-0.2, 0) is 6.61 Å². The molecule has 2 aromatic carbocycles. The normalized spacial score (nSPS) is 12.2. The van der Waals surface area contributed by atoms with Gasteiger partial charge in [0.2, 0.25) is 0 Å². The van der Waals surface area contributed by atoms with Crippen molar-refractivity contribution in [2.45, 2.75) is 33.5 Å². The molecule has 0 bridgehead atoms. The fourth-order valence-corrected chi connectivity index (χ4v) is 2.17. The SMILES string of the molecule is Cc1cccc(C)c1COc1ccc(C(C)O)c(F)c1. The largest absolute Gasteiger partial charge is 0.489 e. The molecule has 0 radical (unpaired) electrons. The summed E-state index contributed by atoms with van der Waals surface area (Å²) in [6.07, 6.45) is -0.817. The van der Waals surface area contributed by atoms with Crippen molar-refractivity contribution in [3.8, 4) is 5.75 Å². The van der Waals surface area contributed by atoms with E-state index in [1.807, 2.05) is 32.0 Å². The number of hydrogen-bond donors (Lipinski definition) is 1. The Labute approximate surface area is 118 Å². The van der Waals surface area contributed by atoms with Crippen LogP contribution in [0.3, 0.4) is 0 Å². The van der Waals surface area contributed by atoms with Gasteiger partial charge in [-0.15, -0.1) is 0 Å². The minimum Gasteiger partial charge on any atom is -0.489 e. The molecule has 0 spiro atoms. The molecule has 2 rings (SSSR count). The Morgan fingerprint density at radius 2 is 1.80 bits per heavy atom. The number of hydrogen-bond acceptors (Lipinski definition) is 2. The molecule has 0 aliphatic heterocycles. The maximum Gasteiger partial charge on any atom is 0.132 e. The highest BCUT2D eigenvalue weighted by Gasteiger charge is 2.10. The van der Waals surface area contributed by atoms with Gasteiger partial charge in [-0.2, -0.15) is 0 Å². The van der Waals surface area contributed by atoms with Gasteiger partial charge in [0.15, 0.2) is 0 Å². The molecule has 0 saturated heterocycles. The lowest BCUT2D eigenvalue weighted by Crippen LogP contribution is -2.02. The Balaban J connectivity index is 2.14. The van der Waals surface area contributed by atoms with Crippen molar-refractivity contribution < 1.29 is 14.2 Å². The highest BCUT2D eigenvalue weighted by atomic mass is 19.1. The van der Waals surface area contributed by atoms with E-state index in [0.29, 0.717) is 12.4 Å². The first-order valence-corrected chi connectivity index (χ1v) is 6.64. The molecule has 1 atom stereocenters. The molecule has 0 saturated carbocycles. The Bertz CT molecular complexity index is 586. The number of aliphatic hydroxyl groups excluding tert-OH is 1. The number of halogens is 1. The fourth-order valence-electron chi connectivity index (χ4n) is 2.17. The van der Waals surface area contributed by atoms with Gasteiger partial charge in [-0.05, 0) is 49.6 Å². The summed E-state index contributed by atoms with van der Waals surface area (Å²) in [7, 11) is 0. The topological polar surface area (TPSA) is 29.5 Å². The molecule has 0 aliphatic rings. The molecular weight excluding hydrogens is 255 g/mol. The van der Waals surface area contributed by atoms with Gasteiger partial charge in [0.05, 0.1) is 6.10 Å². The number of benzene rings is 2. The van der Waals surface area contributed by atoms with Gasteiger partial charge in [0, 0.05) is 11.6 Å². The molecule has 1 unspecified atom stereocenters. The Morgan fingerprint density at radius 3 is 2.35 bits per heavy atom. The minimum absolute atomic E-state index is 0.282. The maximum absolute atomic E-state index is 13.7. The first-order valence-electron chi connectivity index (χ1n) is 6.64. The van der Waals surface area contributed by atoms with E-state index in [0.717, 1.165) is 16.7 Å². The van der Waals surface area contributed by atoms with E-state index >= 15 is 0 Å². The molecule has 0 heterocycles.